The lowest BCUT2D eigenvalue weighted by molar-refractivity contribution is 0.357. The van der Waals surface area contributed by atoms with Crippen molar-refractivity contribution in [3.63, 3.8) is 0 Å². The van der Waals surface area contributed by atoms with Crippen LogP contribution in [0.15, 0.2) is 0 Å². The third-order valence-electron chi connectivity index (χ3n) is 0.967. The summed E-state index contributed by atoms with van der Waals surface area (Å²) >= 11 is 2.90. The van der Waals surface area contributed by atoms with Crippen LogP contribution in [0.5, 0.6) is 0 Å². The molecule has 13 heavy (non-hydrogen) atoms. The summed E-state index contributed by atoms with van der Waals surface area (Å²) < 4.78 is 17.5. The predicted octanol–water partition coefficient (Wildman–Crippen LogP) is 4.41. The van der Waals surface area contributed by atoms with Crippen molar-refractivity contribution in [3.05, 3.63) is 0 Å². The fraction of sp³-hybridized carbons (Fsp3) is 1.00. The molecule has 0 saturated carbocycles. The molecule has 0 N–H and O–H groups in total. The first-order valence-electron chi connectivity index (χ1n) is 4.51. The molecule has 0 aliphatic heterocycles. The van der Waals surface area contributed by atoms with Gasteiger partial charge in [0.2, 0.25) is 0 Å². The Morgan fingerprint density at radius 3 is 1.77 bits per heavy atom. The Morgan fingerprint density at radius 2 is 1.54 bits per heavy atom. The maximum absolute atomic E-state index is 12.1. The topological polar surface area (TPSA) is 26.3 Å². The highest BCUT2D eigenvalue weighted by atomic mass is 33.1. The second-order valence-corrected chi connectivity index (χ2v) is 11.5. The quantitative estimate of drug-likeness (QED) is 0.644. The van der Waals surface area contributed by atoms with Crippen LogP contribution in [0.25, 0.3) is 0 Å². The molecule has 0 radical (unpaired) electrons. The van der Waals surface area contributed by atoms with E-state index in [9.17, 15) is 4.57 Å². The van der Waals surface area contributed by atoms with Crippen molar-refractivity contribution in [1.29, 1.82) is 0 Å². The highest BCUT2D eigenvalue weighted by Gasteiger charge is 2.27. The predicted molar refractivity (Wildman–Crippen MR) is 64.7 cm³/mol. The van der Waals surface area contributed by atoms with E-state index in [1.165, 1.54) is 22.8 Å². The minimum Gasteiger partial charge on any atom is -0.314 e. The molecular formula is C8H19O2PS2. The molecule has 0 aliphatic rings. The van der Waals surface area contributed by atoms with Crippen LogP contribution in [0.2, 0.25) is 0 Å². The van der Waals surface area contributed by atoms with E-state index >= 15 is 0 Å². The summed E-state index contributed by atoms with van der Waals surface area (Å²) in [5, 5.41) is 0.701. The van der Waals surface area contributed by atoms with Gasteiger partial charge >= 0.3 is 5.77 Å². The van der Waals surface area contributed by atoms with Gasteiger partial charge in [-0.15, -0.1) is 0 Å². The summed E-state index contributed by atoms with van der Waals surface area (Å²) in [5.74, 6) is -2.50. The Bertz CT molecular complexity index is 169. The van der Waals surface area contributed by atoms with E-state index in [-0.39, 0.29) is 0 Å². The number of hydrogen-bond donors (Lipinski definition) is 0. The first-order valence-corrected chi connectivity index (χ1v) is 9.10. The van der Waals surface area contributed by atoms with Gasteiger partial charge in [0.1, 0.15) is 0 Å². The molecule has 0 atom stereocenters. The molecule has 0 aromatic heterocycles. The van der Waals surface area contributed by atoms with E-state index in [0.717, 1.165) is 0 Å². The number of hydrogen-bond acceptors (Lipinski definition) is 4. The van der Waals surface area contributed by atoms with Crippen molar-refractivity contribution in [1.82, 2.24) is 0 Å². The van der Waals surface area contributed by atoms with Crippen LogP contribution >= 0.6 is 28.5 Å². The van der Waals surface area contributed by atoms with Crippen molar-refractivity contribution in [3.8, 4) is 0 Å². The van der Waals surface area contributed by atoms with Gasteiger partial charge in [-0.2, -0.15) is 0 Å². The second kappa shape index (κ2) is 6.39. The molecule has 80 valence electrons. The van der Waals surface area contributed by atoms with Crippen LogP contribution in [-0.4, -0.2) is 17.1 Å². The SMILES string of the molecule is CCOP(=O)(SC(C)C)SC(C)C. The molecule has 0 amide bonds. The van der Waals surface area contributed by atoms with Gasteiger partial charge in [0.15, 0.2) is 0 Å². The molecule has 0 saturated heterocycles. The van der Waals surface area contributed by atoms with Gasteiger partial charge in [0.05, 0.1) is 6.61 Å². The van der Waals surface area contributed by atoms with Gasteiger partial charge in [0, 0.05) is 10.5 Å². The highest BCUT2D eigenvalue weighted by molar-refractivity contribution is 8.89. The Labute approximate surface area is 89.5 Å². The molecular weight excluding hydrogens is 223 g/mol. The average Bonchev–Trinajstić information content (AvgIpc) is 1.81. The molecule has 0 aromatic carbocycles. The molecule has 0 unspecified atom stereocenters. The summed E-state index contributed by atoms with van der Waals surface area (Å²) in [6.07, 6.45) is 0. The van der Waals surface area contributed by atoms with Gasteiger partial charge in [-0.25, -0.2) is 0 Å². The zero-order valence-electron chi connectivity index (χ0n) is 8.94. The zero-order valence-corrected chi connectivity index (χ0v) is 11.5. The summed E-state index contributed by atoms with van der Waals surface area (Å²) in [5.41, 5.74) is 0. The van der Waals surface area contributed by atoms with Crippen molar-refractivity contribution in [2.75, 3.05) is 6.61 Å². The Morgan fingerprint density at radius 1 is 1.15 bits per heavy atom. The van der Waals surface area contributed by atoms with E-state index in [2.05, 4.69) is 0 Å². The van der Waals surface area contributed by atoms with Gasteiger partial charge in [-0.3, -0.25) is 4.57 Å². The Kier molecular flexibility index (Phi) is 6.83. The van der Waals surface area contributed by atoms with E-state index in [1.54, 1.807) is 0 Å². The van der Waals surface area contributed by atoms with E-state index in [4.69, 9.17) is 4.52 Å². The van der Waals surface area contributed by atoms with Crippen LogP contribution in [0.1, 0.15) is 34.6 Å². The van der Waals surface area contributed by atoms with Crippen molar-refractivity contribution < 1.29 is 9.09 Å². The molecule has 0 aliphatic carbocycles. The molecule has 2 nitrogen and oxygen atoms in total. The molecule has 5 heteroatoms. The normalized spacial score (nSPS) is 12.8. The van der Waals surface area contributed by atoms with Crippen LogP contribution in [-0.2, 0) is 9.09 Å². The summed E-state index contributed by atoms with van der Waals surface area (Å²) in [6.45, 7) is 10.6. The first kappa shape index (κ1) is 13.9. The first-order chi connectivity index (χ1) is 5.89. The van der Waals surface area contributed by atoms with Crippen LogP contribution in [0, 0.1) is 0 Å². The third kappa shape index (κ3) is 6.89. The third-order valence-corrected chi connectivity index (χ3v) is 9.16. The molecule has 0 heterocycles. The fourth-order valence-corrected chi connectivity index (χ4v) is 10.1. The minimum atomic E-state index is -2.50. The van der Waals surface area contributed by atoms with Crippen molar-refractivity contribution >= 4 is 28.5 Å². The maximum Gasteiger partial charge on any atom is 0.313 e. The molecule has 0 aromatic rings. The van der Waals surface area contributed by atoms with Crippen LogP contribution in [0.3, 0.4) is 0 Å². The highest BCUT2D eigenvalue weighted by Crippen LogP contribution is 2.72. The zero-order chi connectivity index (χ0) is 10.5. The van der Waals surface area contributed by atoms with Gasteiger partial charge in [-0.1, -0.05) is 50.5 Å². The lowest BCUT2D eigenvalue weighted by Crippen LogP contribution is -1.93. The van der Waals surface area contributed by atoms with Crippen molar-refractivity contribution in [2.45, 2.75) is 45.1 Å². The van der Waals surface area contributed by atoms with Crippen LogP contribution < -0.4 is 0 Å². The largest absolute Gasteiger partial charge is 0.314 e. The average molecular weight is 242 g/mol. The fourth-order valence-electron chi connectivity index (χ4n) is 0.760. The number of rotatable bonds is 6. The Balaban J connectivity index is 4.25. The maximum atomic E-state index is 12.1. The standard InChI is InChI=1S/C8H19O2PS2/c1-6-10-11(9,12-7(2)3)13-8(4)5/h7-8H,6H2,1-5H3. The van der Waals surface area contributed by atoms with Gasteiger partial charge in [-0.05, 0) is 6.92 Å². The molecule has 0 fully saturated rings. The molecule has 0 spiro atoms. The molecule has 0 bridgehead atoms. The smallest absolute Gasteiger partial charge is 0.313 e. The monoisotopic (exact) mass is 242 g/mol. The van der Waals surface area contributed by atoms with Crippen LogP contribution in [0.4, 0.5) is 0 Å². The minimum absolute atomic E-state index is 0.351. The van der Waals surface area contributed by atoms with Gasteiger partial charge < -0.3 is 4.52 Å². The lowest BCUT2D eigenvalue weighted by Gasteiger charge is -2.19. The summed E-state index contributed by atoms with van der Waals surface area (Å²) in [6, 6.07) is 0. The summed E-state index contributed by atoms with van der Waals surface area (Å²) in [4.78, 5) is 0. The summed E-state index contributed by atoms with van der Waals surface area (Å²) in [7, 11) is 0. The van der Waals surface area contributed by atoms with Crippen molar-refractivity contribution in [2.24, 2.45) is 0 Å². The second-order valence-electron chi connectivity index (χ2n) is 3.17. The van der Waals surface area contributed by atoms with E-state index in [0.29, 0.717) is 17.1 Å². The molecule has 0 rings (SSSR count). The lowest BCUT2D eigenvalue weighted by atomic mass is 10.6. The van der Waals surface area contributed by atoms with Gasteiger partial charge in [0.25, 0.3) is 0 Å². The Hall–Kier alpha value is 0.890. The van der Waals surface area contributed by atoms with E-state index < -0.39 is 5.77 Å². The van der Waals surface area contributed by atoms with E-state index in [1.807, 2.05) is 34.6 Å².